The average Bonchev–Trinajstić information content (AvgIpc) is 2.96. The quantitative estimate of drug-likeness (QED) is 0.600. The van der Waals surface area contributed by atoms with Crippen LogP contribution in [0.1, 0.15) is 21.6 Å². The van der Waals surface area contributed by atoms with E-state index in [4.69, 9.17) is 9.84 Å². The van der Waals surface area contributed by atoms with E-state index >= 15 is 0 Å². The molecule has 1 N–H and O–H groups in total. The maximum atomic E-state index is 11.1. The molecular weight excluding hydrogens is 328 g/mol. The molecule has 0 bridgehead atoms. The van der Waals surface area contributed by atoms with Crippen LogP contribution in [0.15, 0.2) is 54.7 Å². The third-order valence-corrected chi connectivity index (χ3v) is 4.70. The van der Waals surface area contributed by atoms with Gasteiger partial charge in [-0.2, -0.15) is 0 Å². The predicted molar refractivity (Wildman–Crippen MR) is 101 cm³/mol. The monoisotopic (exact) mass is 346 g/mol. The van der Waals surface area contributed by atoms with E-state index in [0.29, 0.717) is 6.54 Å². The minimum atomic E-state index is -0.918. The van der Waals surface area contributed by atoms with E-state index in [0.717, 1.165) is 38.8 Å². The topological polar surface area (TPSA) is 64.4 Å². The van der Waals surface area contributed by atoms with Gasteiger partial charge >= 0.3 is 5.97 Å². The highest BCUT2D eigenvalue weighted by atomic mass is 16.5. The molecule has 0 saturated carbocycles. The van der Waals surface area contributed by atoms with Gasteiger partial charge in [-0.1, -0.05) is 12.1 Å². The molecule has 4 aromatic rings. The lowest BCUT2D eigenvalue weighted by Crippen LogP contribution is -2.02. The predicted octanol–water partition coefficient (Wildman–Crippen LogP) is 4.25. The van der Waals surface area contributed by atoms with Crippen molar-refractivity contribution >= 4 is 27.8 Å². The summed E-state index contributed by atoms with van der Waals surface area (Å²) in [7, 11) is 1.66. The Hall–Kier alpha value is -3.34. The molecule has 4 rings (SSSR count). The largest absolute Gasteiger partial charge is 0.497 e. The molecule has 0 atom stereocenters. The maximum absolute atomic E-state index is 11.1. The van der Waals surface area contributed by atoms with Crippen LogP contribution in [0.3, 0.4) is 0 Å². The van der Waals surface area contributed by atoms with Gasteiger partial charge in [0.05, 0.1) is 29.4 Å². The van der Waals surface area contributed by atoms with Gasteiger partial charge in [-0.05, 0) is 42.8 Å². The fourth-order valence-electron chi connectivity index (χ4n) is 3.43. The van der Waals surface area contributed by atoms with Crippen LogP contribution in [-0.4, -0.2) is 27.7 Å². The summed E-state index contributed by atoms with van der Waals surface area (Å²) in [6, 6.07) is 15.1. The lowest BCUT2D eigenvalue weighted by Gasteiger charge is -2.10. The Balaban J connectivity index is 1.92. The average molecular weight is 346 g/mol. The van der Waals surface area contributed by atoms with Crippen LogP contribution in [0.25, 0.3) is 21.8 Å². The second-order valence-electron chi connectivity index (χ2n) is 6.26. The summed E-state index contributed by atoms with van der Waals surface area (Å²) in [6.45, 7) is 2.63. The standard InChI is InChI=1S/C21H18N2O3/c1-13-20-18(9-10-22-13)17-8-7-16(26-2)11-19(17)23(20)12-14-3-5-15(6-4-14)21(24)25/h3-11H,12H2,1-2H3,(H,24,25). The SMILES string of the molecule is COc1ccc2c3ccnc(C)c3n(Cc3ccc(C(=O)O)cc3)c2c1. The van der Waals surface area contributed by atoms with Gasteiger partial charge in [0.2, 0.25) is 0 Å². The van der Waals surface area contributed by atoms with Crippen LogP contribution in [0.2, 0.25) is 0 Å². The molecule has 5 heteroatoms. The van der Waals surface area contributed by atoms with Crippen LogP contribution in [-0.2, 0) is 6.54 Å². The second kappa shape index (κ2) is 6.19. The number of carboxylic acid groups (broad SMARTS) is 1. The Morgan fingerprint density at radius 2 is 1.88 bits per heavy atom. The number of hydrogen-bond donors (Lipinski definition) is 1. The van der Waals surface area contributed by atoms with Crippen molar-refractivity contribution in [3.8, 4) is 5.75 Å². The molecule has 5 nitrogen and oxygen atoms in total. The first-order chi connectivity index (χ1) is 12.6. The summed E-state index contributed by atoms with van der Waals surface area (Å²) in [5.74, 6) is -0.119. The molecule has 0 saturated heterocycles. The van der Waals surface area contributed by atoms with Crippen molar-refractivity contribution in [2.75, 3.05) is 7.11 Å². The third-order valence-electron chi connectivity index (χ3n) is 4.70. The molecule has 0 fully saturated rings. The molecule has 0 aliphatic heterocycles. The number of carbonyl (C=O) groups is 1. The first kappa shape index (κ1) is 16.1. The van der Waals surface area contributed by atoms with E-state index in [1.165, 1.54) is 0 Å². The van der Waals surface area contributed by atoms with Crippen molar-refractivity contribution in [2.45, 2.75) is 13.5 Å². The highest BCUT2D eigenvalue weighted by Crippen LogP contribution is 2.33. The summed E-state index contributed by atoms with van der Waals surface area (Å²) < 4.78 is 7.62. The van der Waals surface area contributed by atoms with E-state index < -0.39 is 5.97 Å². The van der Waals surface area contributed by atoms with Crippen LogP contribution >= 0.6 is 0 Å². The zero-order valence-corrected chi connectivity index (χ0v) is 14.6. The first-order valence-electron chi connectivity index (χ1n) is 8.32. The number of fused-ring (bicyclic) bond motifs is 3. The molecule has 0 aliphatic rings. The maximum Gasteiger partial charge on any atom is 0.335 e. The number of methoxy groups -OCH3 is 1. The van der Waals surface area contributed by atoms with Crippen molar-refractivity contribution in [3.63, 3.8) is 0 Å². The Kier molecular flexibility index (Phi) is 3.84. The van der Waals surface area contributed by atoms with Crippen LogP contribution in [0, 0.1) is 6.92 Å². The van der Waals surface area contributed by atoms with Crippen LogP contribution in [0.5, 0.6) is 5.75 Å². The lowest BCUT2D eigenvalue weighted by atomic mass is 10.1. The molecule has 2 aromatic heterocycles. The highest BCUT2D eigenvalue weighted by Gasteiger charge is 2.14. The molecule has 0 unspecified atom stereocenters. The van der Waals surface area contributed by atoms with Gasteiger partial charge in [-0.15, -0.1) is 0 Å². The molecule has 26 heavy (non-hydrogen) atoms. The first-order valence-corrected chi connectivity index (χ1v) is 8.32. The van der Waals surface area contributed by atoms with Crippen molar-refractivity contribution in [1.29, 1.82) is 0 Å². The molecule has 0 radical (unpaired) electrons. The zero-order valence-electron chi connectivity index (χ0n) is 14.6. The molecule has 0 amide bonds. The number of pyridine rings is 1. The summed E-state index contributed by atoms with van der Waals surface area (Å²) in [5.41, 5.74) is 4.42. The number of hydrogen-bond acceptors (Lipinski definition) is 3. The van der Waals surface area contributed by atoms with Gasteiger partial charge in [0.1, 0.15) is 5.75 Å². The van der Waals surface area contributed by atoms with Gasteiger partial charge in [-0.3, -0.25) is 4.98 Å². The molecular formula is C21H18N2O3. The fraction of sp³-hybridized carbons (Fsp3) is 0.143. The van der Waals surface area contributed by atoms with Crippen LogP contribution in [0.4, 0.5) is 0 Å². The van der Waals surface area contributed by atoms with E-state index in [9.17, 15) is 4.79 Å². The Labute approximate surface area is 150 Å². The zero-order chi connectivity index (χ0) is 18.3. The number of aryl methyl sites for hydroxylation is 1. The Bertz CT molecular complexity index is 1130. The van der Waals surface area contributed by atoms with Gasteiger partial charge in [-0.25, -0.2) is 4.79 Å². The summed E-state index contributed by atoms with van der Waals surface area (Å²) in [4.78, 5) is 15.5. The molecule has 0 spiro atoms. The summed E-state index contributed by atoms with van der Waals surface area (Å²) >= 11 is 0. The second-order valence-corrected chi connectivity index (χ2v) is 6.26. The van der Waals surface area contributed by atoms with Gasteiger partial charge in [0.15, 0.2) is 0 Å². The van der Waals surface area contributed by atoms with E-state index in [2.05, 4.69) is 15.6 Å². The van der Waals surface area contributed by atoms with Crippen molar-refractivity contribution in [2.24, 2.45) is 0 Å². The van der Waals surface area contributed by atoms with Crippen molar-refractivity contribution in [3.05, 3.63) is 71.5 Å². The number of nitrogens with zero attached hydrogens (tertiary/aromatic N) is 2. The fourth-order valence-corrected chi connectivity index (χ4v) is 3.43. The smallest absolute Gasteiger partial charge is 0.335 e. The van der Waals surface area contributed by atoms with Crippen LogP contribution < -0.4 is 4.74 Å². The number of ether oxygens (including phenoxy) is 1. The van der Waals surface area contributed by atoms with Crippen molar-refractivity contribution < 1.29 is 14.6 Å². The molecule has 130 valence electrons. The highest BCUT2D eigenvalue weighted by molar-refractivity contribution is 6.09. The number of carboxylic acids is 1. The molecule has 2 heterocycles. The number of benzene rings is 2. The minimum Gasteiger partial charge on any atom is -0.497 e. The third kappa shape index (κ3) is 2.58. The lowest BCUT2D eigenvalue weighted by molar-refractivity contribution is 0.0697. The summed E-state index contributed by atoms with van der Waals surface area (Å²) in [6.07, 6.45) is 1.83. The van der Waals surface area contributed by atoms with E-state index in [1.807, 2.05) is 43.5 Å². The van der Waals surface area contributed by atoms with Gasteiger partial charge in [0, 0.05) is 29.6 Å². The summed E-state index contributed by atoms with van der Waals surface area (Å²) in [5, 5.41) is 11.4. The Morgan fingerprint density at radius 1 is 1.12 bits per heavy atom. The number of aromatic nitrogens is 2. The number of aromatic carboxylic acids is 1. The normalized spacial score (nSPS) is 11.2. The van der Waals surface area contributed by atoms with E-state index in [1.54, 1.807) is 19.2 Å². The Morgan fingerprint density at radius 3 is 2.58 bits per heavy atom. The van der Waals surface area contributed by atoms with E-state index in [-0.39, 0.29) is 5.56 Å². The minimum absolute atomic E-state index is 0.287. The molecule has 2 aromatic carbocycles. The van der Waals surface area contributed by atoms with Gasteiger partial charge < -0.3 is 14.4 Å². The van der Waals surface area contributed by atoms with Crippen molar-refractivity contribution in [1.82, 2.24) is 9.55 Å². The molecule has 0 aliphatic carbocycles. The number of rotatable bonds is 4. The van der Waals surface area contributed by atoms with Gasteiger partial charge in [0.25, 0.3) is 0 Å².